The summed E-state index contributed by atoms with van der Waals surface area (Å²) in [5.74, 6) is -3.10. The van der Waals surface area contributed by atoms with Crippen LogP contribution in [-0.2, 0) is 18.9 Å². The molecule has 0 heterocycles. The van der Waals surface area contributed by atoms with Gasteiger partial charge in [0.05, 0.1) is 48.7 Å². The fraction of sp³-hybridized carbons (Fsp3) is 0.815. The lowest BCUT2D eigenvalue weighted by atomic mass is 9.95. The number of rotatable bonds is 44. The van der Waals surface area contributed by atoms with Crippen LogP contribution in [0.5, 0.6) is 0 Å². The quantitative estimate of drug-likeness (QED) is 0.0363. The topological polar surface area (TPSA) is 105 Å². The van der Waals surface area contributed by atoms with Crippen molar-refractivity contribution in [1.82, 2.24) is 0 Å². The highest BCUT2D eigenvalue weighted by atomic mass is 16.5. The Balaban J connectivity index is 3.14. The molecule has 0 saturated heterocycles. The molecule has 62 heavy (non-hydrogen) atoms. The van der Waals surface area contributed by atoms with Gasteiger partial charge in [0.2, 0.25) is 0 Å². The number of carbonyl (C=O) groups excluding carboxylic acids is 4. The van der Waals surface area contributed by atoms with E-state index in [2.05, 4.69) is 27.7 Å². The fourth-order valence-electron chi connectivity index (χ4n) is 7.98. The summed E-state index contributed by atoms with van der Waals surface area (Å²) < 4.78 is 23.0. The number of carbonyl (C=O) groups is 4. The molecule has 1 rings (SSSR count). The van der Waals surface area contributed by atoms with Gasteiger partial charge in [0.1, 0.15) is 0 Å². The van der Waals surface area contributed by atoms with Gasteiger partial charge in [-0.05, 0) is 37.8 Å². The average Bonchev–Trinajstić information content (AvgIpc) is 3.28. The molecule has 1 aromatic rings. The highest BCUT2D eigenvalue weighted by molar-refractivity contribution is 6.15. The van der Waals surface area contributed by atoms with Crippen LogP contribution in [0.3, 0.4) is 0 Å². The van der Waals surface area contributed by atoms with Crippen LogP contribution in [0.4, 0.5) is 0 Å². The smallest absolute Gasteiger partial charge is 0.339 e. The van der Waals surface area contributed by atoms with E-state index < -0.39 is 23.9 Å². The molecule has 0 atom stereocenters. The Morgan fingerprint density at radius 3 is 0.661 bits per heavy atom. The van der Waals surface area contributed by atoms with Crippen molar-refractivity contribution in [1.29, 1.82) is 0 Å². The molecule has 0 radical (unpaired) electrons. The van der Waals surface area contributed by atoms with E-state index in [0.717, 1.165) is 77.0 Å². The molecule has 0 amide bonds. The Bertz CT molecular complexity index is 1160. The van der Waals surface area contributed by atoms with Crippen molar-refractivity contribution in [3.05, 3.63) is 34.4 Å². The minimum Gasteiger partial charge on any atom is -0.462 e. The number of benzene rings is 1. The van der Waals surface area contributed by atoms with E-state index in [1.165, 1.54) is 141 Å². The predicted octanol–water partition coefficient (Wildman–Crippen LogP) is 16.4. The third-order valence-corrected chi connectivity index (χ3v) is 12.0. The molecule has 0 aliphatic rings. The molecule has 0 fully saturated rings. The van der Waals surface area contributed by atoms with E-state index in [0.29, 0.717) is 25.7 Å². The second-order valence-electron chi connectivity index (χ2n) is 17.8. The minimum absolute atomic E-state index is 0.0940. The van der Waals surface area contributed by atoms with E-state index in [-0.39, 0.29) is 48.7 Å². The van der Waals surface area contributed by atoms with E-state index in [1.807, 2.05) is 0 Å². The first kappa shape index (κ1) is 57.1. The summed E-state index contributed by atoms with van der Waals surface area (Å²) >= 11 is 0. The molecule has 0 bridgehead atoms. The van der Waals surface area contributed by atoms with Crippen molar-refractivity contribution in [2.75, 3.05) is 26.4 Å². The third kappa shape index (κ3) is 29.5. The van der Waals surface area contributed by atoms with E-state index in [4.69, 9.17) is 18.9 Å². The van der Waals surface area contributed by atoms with Gasteiger partial charge in [-0.25, -0.2) is 19.2 Å². The number of ether oxygens (including phenoxy) is 4. The van der Waals surface area contributed by atoms with E-state index >= 15 is 0 Å². The van der Waals surface area contributed by atoms with Crippen LogP contribution in [0.15, 0.2) is 12.1 Å². The van der Waals surface area contributed by atoms with Gasteiger partial charge in [0, 0.05) is 0 Å². The Morgan fingerprint density at radius 2 is 0.452 bits per heavy atom. The van der Waals surface area contributed by atoms with Gasteiger partial charge in [0.25, 0.3) is 0 Å². The van der Waals surface area contributed by atoms with Gasteiger partial charge in [-0.3, -0.25) is 0 Å². The molecule has 0 spiro atoms. The Kier molecular flexibility index (Phi) is 38.8. The van der Waals surface area contributed by atoms with Crippen LogP contribution < -0.4 is 0 Å². The summed E-state index contributed by atoms with van der Waals surface area (Å²) in [6.45, 7) is 9.56. The fourth-order valence-corrected chi connectivity index (χ4v) is 7.98. The SMILES string of the molecule is CCCCCCCCCCCOC(=O)c1ccc(C(=O)OCCCCCCCCCCC)c(C(=O)OCCCCCCCCCCC)c1C(=O)OCCCCCCCCCCC. The first-order valence-corrected chi connectivity index (χ1v) is 26.3. The van der Waals surface area contributed by atoms with Crippen LogP contribution in [0, 0.1) is 0 Å². The van der Waals surface area contributed by atoms with Crippen molar-refractivity contribution in [3.8, 4) is 0 Å². The maximum absolute atomic E-state index is 14.0. The van der Waals surface area contributed by atoms with Crippen LogP contribution >= 0.6 is 0 Å². The summed E-state index contributed by atoms with van der Waals surface area (Å²) in [4.78, 5) is 55.5. The average molecular weight is 871 g/mol. The van der Waals surface area contributed by atoms with Crippen LogP contribution in [0.2, 0.25) is 0 Å². The first-order valence-electron chi connectivity index (χ1n) is 26.3. The lowest BCUT2D eigenvalue weighted by Crippen LogP contribution is -2.24. The van der Waals surface area contributed by atoms with Gasteiger partial charge in [-0.1, -0.05) is 233 Å². The molecule has 0 aromatic heterocycles. The Hall–Kier alpha value is -2.90. The van der Waals surface area contributed by atoms with Crippen molar-refractivity contribution in [2.45, 2.75) is 259 Å². The zero-order valence-corrected chi connectivity index (χ0v) is 40.7. The van der Waals surface area contributed by atoms with Crippen LogP contribution in [0.25, 0.3) is 0 Å². The molecule has 0 aliphatic heterocycles. The zero-order chi connectivity index (χ0) is 45.1. The summed E-state index contributed by atoms with van der Waals surface area (Å²) in [5, 5.41) is 0. The molecular weight excluding hydrogens is 777 g/mol. The molecule has 8 nitrogen and oxygen atoms in total. The molecule has 0 aliphatic carbocycles. The van der Waals surface area contributed by atoms with Gasteiger partial charge in [0.15, 0.2) is 0 Å². The molecule has 0 N–H and O–H groups in total. The molecule has 358 valence electrons. The third-order valence-electron chi connectivity index (χ3n) is 12.0. The van der Waals surface area contributed by atoms with Crippen molar-refractivity contribution < 1.29 is 38.1 Å². The van der Waals surface area contributed by atoms with E-state index in [9.17, 15) is 19.2 Å². The maximum atomic E-state index is 14.0. The Labute approximate surface area is 380 Å². The Morgan fingerprint density at radius 1 is 0.274 bits per heavy atom. The molecule has 0 saturated carbocycles. The molecule has 0 unspecified atom stereocenters. The summed E-state index contributed by atoms with van der Waals surface area (Å²) in [6, 6.07) is 2.81. The zero-order valence-electron chi connectivity index (χ0n) is 40.7. The summed E-state index contributed by atoms with van der Waals surface area (Å²) in [6.07, 6.45) is 40.3. The normalized spacial score (nSPS) is 11.2. The largest absolute Gasteiger partial charge is 0.462 e. The first-order chi connectivity index (χ1) is 30.4. The second-order valence-corrected chi connectivity index (χ2v) is 17.8. The standard InChI is InChI=1S/C54H94O8/c1-5-9-13-17-21-25-29-33-37-43-59-51(55)47-41-42-48(52(56)60-44-38-34-30-26-22-18-14-10-6-2)50(54(58)62-46-40-36-32-28-24-20-16-12-8-4)49(47)53(57)61-45-39-35-31-27-23-19-15-11-7-3/h41-42H,5-40,43-46H2,1-4H3. The van der Waals surface area contributed by atoms with Crippen molar-refractivity contribution in [3.63, 3.8) is 0 Å². The van der Waals surface area contributed by atoms with Crippen LogP contribution in [-0.4, -0.2) is 50.3 Å². The van der Waals surface area contributed by atoms with Gasteiger partial charge in [-0.15, -0.1) is 0 Å². The second kappa shape index (κ2) is 42.1. The minimum atomic E-state index is -0.830. The number of esters is 4. The van der Waals surface area contributed by atoms with Gasteiger partial charge in [-0.2, -0.15) is 0 Å². The number of unbranched alkanes of at least 4 members (excludes halogenated alkanes) is 32. The summed E-state index contributed by atoms with van der Waals surface area (Å²) in [5.41, 5.74) is -0.729. The van der Waals surface area contributed by atoms with Gasteiger partial charge < -0.3 is 18.9 Å². The lowest BCUT2D eigenvalue weighted by molar-refractivity contribution is 0.0415. The highest BCUT2D eigenvalue weighted by Crippen LogP contribution is 2.26. The van der Waals surface area contributed by atoms with Crippen molar-refractivity contribution >= 4 is 23.9 Å². The number of hydrogen-bond donors (Lipinski definition) is 0. The molecular formula is C54H94O8. The van der Waals surface area contributed by atoms with E-state index in [1.54, 1.807) is 0 Å². The molecule has 8 heteroatoms. The maximum Gasteiger partial charge on any atom is 0.339 e. The highest BCUT2D eigenvalue weighted by Gasteiger charge is 2.33. The molecule has 1 aromatic carbocycles. The monoisotopic (exact) mass is 871 g/mol. The van der Waals surface area contributed by atoms with Crippen LogP contribution in [0.1, 0.15) is 300 Å². The van der Waals surface area contributed by atoms with Crippen molar-refractivity contribution in [2.24, 2.45) is 0 Å². The predicted molar refractivity (Wildman–Crippen MR) is 256 cm³/mol. The van der Waals surface area contributed by atoms with Gasteiger partial charge >= 0.3 is 23.9 Å². The number of hydrogen-bond acceptors (Lipinski definition) is 8. The lowest BCUT2D eigenvalue weighted by Gasteiger charge is -2.17. The summed E-state index contributed by atoms with van der Waals surface area (Å²) in [7, 11) is 0.